The van der Waals surface area contributed by atoms with Crippen molar-refractivity contribution in [3.63, 3.8) is 0 Å². The molecule has 6 nitrogen and oxygen atoms in total. The van der Waals surface area contributed by atoms with Gasteiger partial charge in [-0.2, -0.15) is 0 Å². The lowest BCUT2D eigenvalue weighted by Gasteiger charge is -2.30. The lowest BCUT2D eigenvalue weighted by Crippen LogP contribution is -2.37. The highest BCUT2D eigenvalue weighted by Crippen LogP contribution is 2.55. The molecule has 1 atom stereocenters. The number of hydrogen-bond acceptors (Lipinski definition) is 6. The van der Waals surface area contributed by atoms with Crippen LogP contribution in [0.4, 0.5) is 0 Å². The van der Waals surface area contributed by atoms with E-state index in [1.807, 2.05) is 0 Å². The fourth-order valence-corrected chi connectivity index (χ4v) is 3.99. The molecule has 6 heteroatoms. The maximum absolute atomic E-state index is 12.5. The van der Waals surface area contributed by atoms with E-state index in [4.69, 9.17) is 4.74 Å². The van der Waals surface area contributed by atoms with Crippen LogP contribution in [0.5, 0.6) is 11.5 Å². The molecule has 0 amide bonds. The first-order valence-electron chi connectivity index (χ1n) is 8.01. The molecule has 0 bridgehead atoms. The zero-order valence-corrected chi connectivity index (χ0v) is 13.3. The number of benzene rings is 2. The summed E-state index contributed by atoms with van der Waals surface area (Å²) in [5.41, 5.74) is 1.76. The molecule has 0 aromatic heterocycles. The summed E-state index contributed by atoms with van der Waals surface area (Å²) in [5.74, 6) is -3.02. The smallest absolute Gasteiger partial charge is 0.243 e. The average molecular weight is 348 g/mol. The van der Waals surface area contributed by atoms with Crippen LogP contribution in [0.3, 0.4) is 0 Å². The molecule has 0 saturated heterocycles. The Morgan fingerprint density at radius 1 is 0.923 bits per heavy atom. The molecule has 0 saturated carbocycles. The van der Waals surface area contributed by atoms with E-state index in [0.29, 0.717) is 22.3 Å². The number of phenolic OH excluding ortho intramolecular Hbond substituents is 2. The highest BCUT2D eigenvalue weighted by Gasteiger charge is 2.52. The normalized spacial score (nSPS) is 22.9. The minimum absolute atomic E-state index is 0.114. The van der Waals surface area contributed by atoms with Crippen LogP contribution in [0.25, 0.3) is 11.1 Å². The molecule has 5 rings (SSSR count). The van der Waals surface area contributed by atoms with Crippen LogP contribution in [0, 0.1) is 0 Å². The van der Waals surface area contributed by atoms with E-state index in [1.165, 1.54) is 18.2 Å². The molecule has 2 aromatic carbocycles. The fourth-order valence-electron chi connectivity index (χ4n) is 3.99. The van der Waals surface area contributed by atoms with Gasteiger partial charge in [-0.15, -0.1) is 0 Å². The number of ketones is 2. The van der Waals surface area contributed by atoms with Crippen LogP contribution in [0.15, 0.2) is 48.2 Å². The summed E-state index contributed by atoms with van der Waals surface area (Å²) < 4.78 is 5.63. The Bertz CT molecular complexity index is 1110. The van der Waals surface area contributed by atoms with Crippen LogP contribution < -0.4 is 0 Å². The number of hydrogen-bond donors (Lipinski definition) is 3. The lowest BCUT2D eigenvalue weighted by molar-refractivity contribution is -0.114. The van der Waals surface area contributed by atoms with Gasteiger partial charge in [0.1, 0.15) is 17.3 Å². The molecule has 2 aliphatic carbocycles. The number of aliphatic hydroxyl groups is 1. The first-order valence-corrected chi connectivity index (χ1v) is 8.01. The van der Waals surface area contributed by atoms with Crippen molar-refractivity contribution in [1.82, 2.24) is 0 Å². The number of rotatable bonds is 0. The Hall–Kier alpha value is -3.38. The van der Waals surface area contributed by atoms with Gasteiger partial charge in [0.25, 0.3) is 0 Å². The number of allylic oxidation sites excluding steroid dienone is 2. The number of Topliss-reactive ketones (excluding diaryl/α,β-unsaturated/α-hetero) is 1. The second-order valence-electron chi connectivity index (χ2n) is 6.51. The minimum Gasteiger partial charge on any atom is -0.507 e. The number of fused-ring (bicyclic) bond motifs is 6. The molecule has 3 aliphatic rings. The minimum atomic E-state index is -1.92. The number of phenols is 2. The Kier molecular flexibility index (Phi) is 2.65. The van der Waals surface area contributed by atoms with Crippen molar-refractivity contribution >= 4 is 22.7 Å². The van der Waals surface area contributed by atoms with Gasteiger partial charge in [-0.3, -0.25) is 9.59 Å². The Labute approximate surface area is 147 Å². The molecule has 0 spiro atoms. The second kappa shape index (κ2) is 4.62. The van der Waals surface area contributed by atoms with Crippen LogP contribution in [0.1, 0.15) is 38.3 Å². The van der Waals surface area contributed by atoms with Gasteiger partial charge in [0.05, 0.1) is 17.5 Å². The van der Waals surface area contributed by atoms with E-state index in [0.717, 1.165) is 0 Å². The van der Waals surface area contributed by atoms with Gasteiger partial charge >= 0.3 is 0 Å². The summed E-state index contributed by atoms with van der Waals surface area (Å²) in [5, 5.41) is 31.3. The third-order valence-electron chi connectivity index (χ3n) is 4.98. The van der Waals surface area contributed by atoms with Crippen molar-refractivity contribution in [2.45, 2.75) is 12.2 Å². The van der Waals surface area contributed by atoms with Gasteiger partial charge in [0.2, 0.25) is 5.79 Å². The highest BCUT2D eigenvalue weighted by atomic mass is 16.6. The van der Waals surface area contributed by atoms with Gasteiger partial charge in [-0.1, -0.05) is 24.3 Å². The summed E-state index contributed by atoms with van der Waals surface area (Å²) in [6.07, 6.45) is 0.823. The topological polar surface area (TPSA) is 104 Å². The van der Waals surface area contributed by atoms with Crippen molar-refractivity contribution in [1.29, 1.82) is 0 Å². The van der Waals surface area contributed by atoms with E-state index in [-0.39, 0.29) is 34.8 Å². The molecule has 0 unspecified atom stereocenters. The van der Waals surface area contributed by atoms with Crippen molar-refractivity contribution in [2.75, 3.05) is 0 Å². The molecule has 0 fully saturated rings. The van der Waals surface area contributed by atoms with Gasteiger partial charge < -0.3 is 20.1 Å². The Balaban J connectivity index is 1.93. The van der Waals surface area contributed by atoms with Crippen LogP contribution in [-0.4, -0.2) is 32.7 Å². The van der Waals surface area contributed by atoms with Crippen LogP contribution in [0.2, 0.25) is 0 Å². The van der Waals surface area contributed by atoms with E-state index in [2.05, 4.69) is 0 Å². The van der Waals surface area contributed by atoms with E-state index in [9.17, 15) is 24.9 Å². The third-order valence-corrected chi connectivity index (χ3v) is 4.98. The van der Waals surface area contributed by atoms with E-state index < -0.39 is 17.4 Å². The molecule has 26 heavy (non-hydrogen) atoms. The van der Waals surface area contributed by atoms with Crippen molar-refractivity contribution in [2.24, 2.45) is 0 Å². The van der Waals surface area contributed by atoms with Crippen molar-refractivity contribution < 1.29 is 29.6 Å². The summed E-state index contributed by atoms with van der Waals surface area (Å²) >= 11 is 0. The predicted octanol–water partition coefficient (Wildman–Crippen LogP) is 2.39. The first-order chi connectivity index (χ1) is 12.4. The largest absolute Gasteiger partial charge is 0.507 e. The third kappa shape index (κ3) is 1.69. The van der Waals surface area contributed by atoms with Gasteiger partial charge in [0, 0.05) is 22.8 Å². The van der Waals surface area contributed by atoms with Gasteiger partial charge in [-0.05, 0) is 17.7 Å². The number of carbonyl (C=O) groups is 2. The highest BCUT2D eigenvalue weighted by molar-refractivity contribution is 6.22. The molecule has 2 aromatic rings. The maximum atomic E-state index is 12.5. The molecular weight excluding hydrogens is 336 g/mol. The molecule has 3 N–H and O–H groups in total. The number of aromatic hydroxyl groups is 2. The van der Waals surface area contributed by atoms with Crippen molar-refractivity contribution in [3.05, 3.63) is 70.5 Å². The van der Waals surface area contributed by atoms with E-state index >= 15 is 0 Å². The van der Waals surface area contributed by atoms with Crippen LogP contribution in [-0.2, 0) is 4.74 Å². The zero-order chi connectivity index (χ0) is 18.2. The zero-order valence-electron chi connectivity index (χ0n) is 13.3. The Morgan fingerprint density at radius 2 is 1.58 bits per heavy atom. The van der Waals surface area contributed by atoms with Crippen molar-refractivity contribution in [3.8, 4) is 11.5 Å². The molecular formula is C20H12O6. The number of ether oxygens (including phenoxy) is 1. The molecule has 128 valence electrons. The van der Waals surface area contributed by atoms with Gasteiger partial charge in [-0.25, -0.2) is 0 Å². The quantitative estimate of drug-likeness (QED) is 0.675. The van der Waals surface area contributed by atoms with E-state index in [1.54, 1.807) is 24.3 Å². The fraction of sp³-hybridized carbons (Fsp3) is 0.100. The molecule has 0 radical (unpaired) electrons. The lowest BCUT2D eigenvalue weighted by atomic mass is 9.77. The second-order valence-corrected chi connectivity index (χ2v) is 6.51. The van der Waals surface area contributed by atoms with Gasteiger partial charge in [0.15, 0.2) is 11.6 Å². The maximum Gasteiger partial charge on any atom is 0.243 e. The summed E-state index contributed by atoms with van der Waals surface area (Å²) in [7, 11) is 0. The monoisotopic (exact) mass is 348 g/mol. The predicted molar refractivity (Wildman–Crippen MR) is 90.4 cm³/mol. The summed E-state index contributed by atoms with van der Waals surface area (Å²) in [6.45, 7) is 0. The van der Waals surface area contributed by atoms with Crippen LogP contribution >= 0.6 is 0 Å². The molecule has 1 aliphatic heterocycles. The standard InChI is InChI=1S/C20H12O6/c21-11-5-1-3-9-16(11)13(23)7-15-18(9)19-10-4-2-6-12(22)17(10)14(24)8-20(19,25)26-15/h1-7,21-22,25H,8H2/t20-/m0/s1. The Morgan fingerprint density at radius 3 is 2.31 bits per heavy atom. The average Bonchev–Trinajstić information content (AvgIpc) is 2.86. The summed E-state index contributed by atoms with van der Waals surface area (Å²) in [4.78, 5) is 24.9. The SMILES string of the molecule is O=C1C=C2O[C@@]3(O)CC(=O)c4c(O)cccc4C3=C2c2cccc(O)c21. The first kappa shape index (κ1) is 14.9. The summed E-state index contributed by atoms with van der Waals surface area (Å²) in [6, 6.07) is 9.24. The number of carbonyl (C=O) groups excluding carboxylic acids is 2. The molecule has 1 heterocycles.